The van der Waals surface area contributed by atoms with Crippen molar-refractivity contribution < 1.29 is 31.4 Å². The minimum atomic E-state index is -4.60. The number of aliphatic hydroxyl groups excluding tert-OH is 1. The largest absolute Gasteiger partial charge is 0.408 e. The van der Waals surface area contributed by atoms with Gasteiger partial charge in [-0.15, -0.1) is 0 Å². The van der Waals surface area contributed by atoms with E-state index >= 15 is 0 Å². The lowest BCUT2D eigenvalue weighted by Gasteiger charge is -2.17. The van der Waals surface area contributed by atoms with Gasteiger partial charge in [0, 0.05) is 0 Å². The lowest BCUT2D eigenvalue weighted by molar-refractivity contribution is -0.138. The summed E-state index contributed by atoms with van der Waals surface area (Å²) in [6, 6.07) is -2.03. The van der Waals surface area contributed by atoms with E-state index in [1.165, 1.54) is 0 Å². The van der Waals surface area contributed by atoms with E-state index in [-0.39, 0.29) is 12.4 Å². The Morgan fingerprint density at radius 3 is 2.23 bits per heavy atom. The number of nitrogens with one attached hydrogen (secondary N) is 2. The van der Waals surface area contributed by atoms with Crippen LogP contribution < -0.4 is 10.6 Å². The van der Waals surface area contributed by atoms with Gasteiger partial charge in [0.1, 0.15) is 12.6 Å². The van der Waals surface area contributed by atoms with Crippen molar-refractivity contribution in [2.45, 2.75) is 38.2 Å². The number of alkyl halides is 6. The Labute approximate surface area is 144 Å². The molecule has 0 aliphatic heterocycles. The van der Waals surface area contributed by atoms with Crippen LogP contribution in [0.2, 0.25) is 0 Å². The standard InChI is InChI=1S/C14H15F6N5O/c1-8(14(18,19)20)22-11-24-9(2-3-12(7-26)4-5-12)23-10(25-11)21-6-13(15,16)17/h8,26H,4-7H2,1H3,(H2,21,22,23,24,25). The molecule has 6 nitrogen and oxygen atoms in total. The Balaban J connectivity index is 2.26. The molecule has 1 atom stereocenters. The molecule has 1 saturated carbocycles. The molecule has 1 aliphatic rings. The van der Waals surface area contributed by atoms with E-state index in [9.17, 15) is 31.4 Å². The maximum Gasteiger partial charge on any atom is 0.408 e. The smallest absolute Gasteiger partial charge is 0.395 e. The maximum atomic E-state index is 12.6. The van der Waals surface area contributed by atoms with Crippen LogP contribution in [0.15, 0.2) is 0 Å². The van der Waals surface area contributed by atoms with Crippen LogP contribution in [0.5, 0.6) is 0 Å². The van der Waals surface area contributed by atoms with Crippen LogP contribution in [-0.2, 0) is 0 Å². The average molecular weight is 383 g/mol. The van der Waals surface area contributed by atoms with Gasteiger partial charge in [0.05, 0.1) is 12.0 Å². The Morgan fingerprint density at radius 1 is 1.12 bits per heavy atom. The predicted octanol–water partition coefficient (Wildman–Crippen LogP) is 2.33. The second-order valence-electron chi connectivity index (χ2n) is 5.87. The summed E-state index contributed by atoms with van der Waals surface area (Å²) in [5.74, 6) is 3.74. The molecule has 0 saturated heterocycles. The van der Waals surface area contributed by atoms with E-state index in [1.807, 2.05) is 10.6 Å². The lowest BCUT2D eigenvalue weighted by atomic mass is 10.1. The number of anilines is 2. The molecule has 1 fully saturated rings. The summed E-state index contributed by atoms with van der Waals surface area (Å²) in [7, 11) is 0. The normalized spacial score (nSPS) is 17.1. The zero-order valence-electron chi connectivity index (χ0n) is 13.5. The van der Waals surface area contributed by atoms with E-state index < -0.39 is 42.3 Å². The van der Waals surface area contributed by atoms with Crippen LogP contribution >= 0.6 is 0 Å². The maximum absolute atomic E-state index is 12.6. The average Bonchev–Trinajstić information content (AvgIpc) is 3.30. The molecule has 0 radical (unpaired) electrons. The van der Waals surface area contributed by atoms with Crippen molar-refractivity contribution >= 4 is 11.9 Å². The van der Waals surface area contributed by atoms with Crippen molar-refractivity contribution in [3.63, 3.8) is 0 Å². The molecule has 26 heavy (non-hydrogen) atoms. The molecule has 0 bridgehead atoms. The number of rotatable bonds is 5. The van der Waals surface area contributed by atoms with Crippen LogP contribution in [0.3, 0.4) is 0 Å². The first-order valence-electron chi connectivity index (χ1n) is 7.46. The quantitative estimate of drug-likeness (QED) is 0.535. The van der Waals surface area contributed by atoms with Crippen molar-refractivity contribution in [1.82, 2.24) is 15.0 Å². The molecule has 12 heteroatoms. The third kappa shape index (κ3) is 5.91. The summed E-state index contributed by atoms with van der Waals surface area (Å²) in [4.78, 5) is 10.9. The molecule has 0 spiro atoms. The van der Waals surface area contributed by atoms with Crippen molar-refractivity contribution in [3.05, 3.63) is 5.82 Å². The first-order chi connectivity index (χ1) is 11.9. The minimum Gasteiger partial charge on any atom is -0.395 e. The van der Waals surface area contributed by atoms with Crippen molar-refractivity contribution in [2.75, 3.05) is 23.8 Å². The SMILES string of the molecule is CC(Nc1nc(C#CC2(CO)CC2)nc(NCC(F)(F)F)n1)C(F)(F)F. The van der Waals surface area contributed by atoms with Gasteiger partial charge in [-0.2, -0.15) is 41.3 Å². The van der Waals surface area contributed by atoms with E-state index in [0.717, 1.165) is 6.92 Å². The topological polar surface area (TPSA) is 83.0 Å². The summed E-state index contributed by atoms with van der Waals surface area (Å²) in [6.07, 6.45) is -7.90. The summed E-state index contributed by atoms with van der Waals surface area (Å²) in [5.41, 5.74) is -0.612. The van der Waals surface area contributed by atoms with Gasteiger partial charge < -0.3 is 15.7 Å². The summed E-state index contributed by atoms with van der Waals surface area (Å²) >= 11 is 0. The van der Waals surface area contributed by atoms with Gasteiger partial charge in [0.25, 0.3) is 0 Å². The monoisotopic (exact) mass is 383 g/mol. The van der Waals surface area contributed by atoms with Gasteiger partial charge in [-0.1, -0.05) is 5.92 Å². The summed E-state index contributed by atoms with van der Waals surface area (Å²) in [5, 5.41) is 13.0. The number of hydrogen-bond donors (Lipinski definition) is 3. The second kappa shape index (κ2) is 7.14. The van der Waals surface area contributed by atoms with Crippen LogP contribution in [0.25, 0.3) is 0 Å². The zero-order chi connectivity index (χ0) is 19.6. The Morgan fingerprint density at radius 2 is 1.73 bits per heavy atom. The number of hydrogen-bond acceptors (Lipinski definition) is 6. The van der Waals surface area contributed by atoms with Crippen LogP contribution in [0.1, 0.15) is 25.6 Å². The third-order valence-electron chi connectivity index (χ3n) is 3.51. The highest BCUT2D eigenvalue weighted by molar-refractivity contribution is 5.40. The zero-order valence-corrected chi connectivity index (χ0v) is 13.5. The molecule has 0 amide bonds. The summed E-state index contributed by atoms with van der Waals surface area (Å²) in [6.45, 7) is -0.873. The Kier molecular flexibility index (Phi) is 5.50. The van der Waals surface area contributed by atoms with Crippen LogP contribution in [0.4, 0.5) is 38.2 Å². The van der Waals surface area contributed by atoms with Gasteiger partial charge in [-0.3, -0.25) is 0 Å². The molecule has 3 N–H and O–H groups in total. The van der Waals surface area contributed by atoms with Crippen molar-refractivity contribution in [3.8, 4) is 11.8 Å². The van der Waals surface area contributed by atoms with Gasteiger partial charge in [0.2, 0.25) is 17.7 Å². The second-order valence-corrected chi connectivity index (χ2v) is 5.87. The lowest BCUT2D eigenvalue weighted by Crippen LogP contribution is -2.34. The van der Waals surface area contributed by atoms with Gasteiger partial charge >= 0.3 is 12.4 Å². The highest BCUT2D eigenvalue weighted by atomic mass is 19.4. The third-order valence-corrected chi connectivity index (χ3v) is 3.51. The molecule has 144 valence electrons. The van der Waals surface area contributed by atoms with Gasteiger partial charge in [0.15, 0.2) is 0 Å². The number of aromatic nitrogens is 3. The molecular weight excluding hydrogens is 368 g/mol. The molecule has 1 unspecified atom stereocenters. The molecule has 1 aliphatic carbocycles. The van der Waals surface area contributed by atoms with Crippen LogP contribution in [-0.4, -0.2) is 51.6 Å². The number of nitrogens with zero attached hydrogens (tertiary/aromatic N) is 3. The predicted molar refractivity (Wildman–Crippen MR) is 79.1 cm³/mol. The van der Waals surface area contributed by atoms with E-state index in [0.29, 0.717) is 12.8 Å². The fourth-order valence-electron chi connectivity index (χ4n) is 1.69. The van der Waals surface area contributed by atoms with Crippen molar-refractivity contribution in [1.29, 1.82) is 0 Å². The summed E-state index contributed by atoms with van der Waals surface area (Å²) < 4.78 is 74.9. The molecule has 0 aromatic carbocycles. The molecule has 2 rings (SSSR count). The van der Waals surface area contributed by atoms with E-state index in [4.69, 9.17) is 0 Å². The molecule has 1 aromatic rings. The molecule has 1 aromatic heterocycles. The molecular formula is C14H15F6N5O. The fraction of sp³-hybridized carbons (Fsp3) is 0.643. The Hall–Kier alpha value is -2.29. The van der Waals surface area contributed by atoms with Gasteiger partial charge in [-0.25, -0.2) is 0 Å². The minimum absolute atomic E-state index is 0.208. The molecule has 1 heterocycles. The van der Waals surface area contributed by atoms with Crippen LogP contribution in [0, 0.1) is 17.3 Å². The van der Waals surface area contributed by atoms with Gasteiger partial charge in [-0.05, 0) is 25.7 Å². The first kappa shape index (κ1) is 20.0. The Bertz CT molecular complexity index is 704. The van der Waals surface area contributed by atoms with E-state index in [2.05, 4.69) is 26.8 Å². The number of halogens is 6. The highest BCUT2D eigenvalue weighted by Gasteiger charge is 2.40. The fourth-order valence-corrected chi connectivity index (χ4v) is 1.69. The van der Waals surface area contributed by atoms with Crippen molar-refractivity contribution in [2.24, 2.45) is 5.41 Å². The first-order valence-corrected chi connectivity index (χ1v) is 7.46. The highest BCUT2D eigenvalue weighted by Crippen LogP contribution is 2.44. The van der Waals surface area contributed by atoms with E-state index in [1.54, 1.807) is 0 Å². The number of aliphatic hydroxyl groups is 1.